The van der Waals surface area contributed by atoms with Crippen LogP contribution in [0.4, 0.5) is 5.69 Å². The van der Waals surface area contributed by atoms with Gasteiger partial charge in [-0.15, -0.1) is 0 Å². The first-order chi connectivity index (χ1) is 14.2. The monoisotopic (exact) mass is 409 g/mol. The van der Waals surface area contributed by atoms with E-state index in [1.807, 2.05) is 37.4 Å². The smallest absolute Gasteiger partial charge is 0.234 e. The van der Waals surface area contributed by atoms with Crippen LogP contribution in [0, 0.1) is 0 Å². The molecule has 0 fully saturated rings. The molecule has 0 radical (unpaired) electrons. The zero-order valence-corrected chi connectivity index (χ0v) is 18.0. The summed E-state index contributed by atoms with van der Waals surface area (Å²) in [7, 11) is 0. The zero-order chi connectivity index (χ0) is 20.6. The molecule has 0 atom stereocenters. The van der Waals surface area contributed by atoms with Crippen molar-refractivity contribution in [1.29, 1.82) is 0 Å². The van der Waals surface area contributed by atoms with Crippen molar-refractivity contribution >= 4 is 23.4 Å². The van der Waals surface area contributed by atoms with Crippen molar-refractivity contribution in [1.82, 2.24) is 9.55 Å². The molecule has 5 nitrogen and oxygen atoms in total. The van der Waals surface area contributed by atoms with Gasteiger partial charge in [0.25, 0.3) is 0 Å². The number of nitrogens with one attached hydrogen (secondary N) is 1. The largest absolute Gasteiger partial charge is 0.494 e. The summed E-state index contributed by atoms with van der Waals surface area (Å²) in [6.45, 7) is 6.88. The lowest BCUT2D eigenvalue weighted by molar-refractivity contribution is -0.113. The Hall–Kier alpha value is -2.73. The van der Waals surface area contributed by atoms with Gasteiger partial charge in [0.15, 0.2) is 5.16 Å². The van der Waals surface area contributed by atoms with E-state index in [2.05, 4.69) is 46.9 Å². The average molecular weight is 410 g/mol. The minimum Gasteiger partial charge on any atom is -0.494 e. The zero-order valence-electron chi connectivity index (χ0n) is 17.1. The van der Waals surface area contributed by atoms with Crippen LogP contribution in [-0.4, -0.2) is 27.8 Å². The lowest BCUT2D eigenvalue weighted by Gasteiger charge is -2.16. The Balaban J connectivity index is 1.69. The third-order valence-corrected chi connectivity index (χ3v) is 5.56. The lowest BCUT2D eigenvalue weighted by atomic mass is 10.0. The molecule has 3 aromatic rings. The van der Waals surface area contributed by atoms with E-state index in [4.69, 9.17) is 4.74 Å². The van der Waals surface area contributed by atoms with Gasteiger partial charge in [-0.3, -0.25) is 9.36 Å². The molecule has 1 heterocycles. The number of amides is 1. The summed E-state index contributed by atoms with van der Waals surface area (Å²) in [5.74, 6) is 1.02. The Morgan fingerprint density at radius 2 is 1.76 bits per heavy atom. The van der Waals surface area contributed by atoms with Gasteiger partial charge < -0.3 is 10.1 Å². The maximum Gasteiger partial charge on any atom is 0.234 e. The molecule has 0 bridgehead atoms. The number of benzene rings is 2. The highest BCUT2D eigenvalue weighted by molar-refractivity contribution is 7.99. The third kappa shape index (κ3) is 5.21. The second-order valence-corrected chi connectivity index (χ2v) is 7.45. The first kappa shape index (κ1) is 21.0. The fourth-order valence-corrected chi connectivity index (χ4v) is 3.98. The number of hydrogen-bond acceptors (Lipinski definition) is 4. The molecule has 0 aliphatic carbocycles. The Kier molecular flexibility index (Phi) is 7.36. The number of hydrogen-bond donors (Lipinski definition) is 1. The van der Waals surface area contributed by atoms with Crippen LogP contribution in [0.25, 0.3) is 5.69 Å². The standard InChI is InChI=1S/C23H27N3O2S/c1-4-17-8-7-9-18(5-2)22(17)26-15-14-24-23(26)29-16-21(27)25-19-10-12-20(13-11-19)28-6-3/h7-15H,4-6,16H2,1-3H3,(H,25,27). The Bertz CT molecular complexity index is 929. The summed E-state index contributed by atoms with van der Waals surface area (Å²) in [6.07, 6.45) is 5.66. The summed E-state index contributed by atoms with van der Waals surface area (Å²) < 4.78 is 7.53. The molecule has 0 unspecified atom stereocenters. The molecule has 0 aliphatic rings. The minimum atomic E-state index is -0.0619. The fourth-order valence-electron chi connectivity index (χ4n) is 3.22. The fraction of sp³-hybridized carbons (Fsp3) is 0.304. The van der Waals surface area contributed by atoms with E-state index in [0.29, 0.717) is 12.4 Å². The maximum atomic E-state index is 12.4. The number of thioether (sulfide) groups is 1. The van der Waals surface area contributed by atoms with Gasteiger partial charge in [-0.25, -0.2) is 4.98 Å². The van der Waals surface area contributed by atoms with E-state index in [1.165, 1.54) is 28.6 Å². The minimum absolute atomic E-state index is 0.0619. The van der Waals surface area contributed by atoms with Crippen LogP contribution in [0.5, 0.6) is 5.75 Å². The Labute approximate surface area is 176 Å². The van der Waals surface area contributed by atoms with Gasteiger partial charge in [-0.1, -0.05) is 43.8 Å². The van der Waals surface area contributed by atoms with Crippen molar-refractivity contribution in [2.24, 2.45) is 0 Å². The van der Waals surface area contributed by atoms with Crippen LogP contribution in [0.2, 0.25) is 0 Å². The summed E-state index contributed by atoms with van der Waals surface area (Å²) in [5, 5.41) is 3.75. The molecular formula is C23H27N3O2S. The number of aromatic nitrogens is 2. The molecule has 0 spiro atoms. The highest BCUT2D eigenvalue weighted by Crippen LogP contribution is 2.27. The topological polar surface area (TPSA) is 56.1 Å². The third-order valence-electron chi connectivity index (χ3n) is 4.59. The number of aryl methyl sites for hydroxylation is 2. The predicted octanol–water partition coefficient (Wildman–Crippen LogP) is 5.13. The van der Waals surface area contributed by atoms with Crippen LogP contribution >= 0.6 is 11.8 Å². The number of carbonyl (C=O) groups is 1. The molecule has 0 aliphatic heterocycles. The van der Waals surface area contributed by atoms with Gasteiger partial charge in [0.1, 0.15) is 5.75 Å². The molecule has 152 valence electrons. The van der Waals surface area contributed by atoms with Crippen molar-refractivity contribution in [3.8, 4) is 11.4 Å². The van der Waals surface area contributed by atoms with Crippen LogP contribution in [0.15, 0.2) is 60.0 Å². The molecule has 1 aromatic heterocycles. The van der Waals surface area contributed by atoms with Crippen molar-refractivity contribution < 1.29 is 9.53 Å². The van der Waals surface area contributed by atoms with Crippen molar-refractivity contribution in [2.45, 2.75) is 38.8 Å². The van der Waals surface area contributed by atoms with E-state index in [0.717, 1.165) is 29.4 Å². The van der Waals surface area contributed by atoms with Crippen LogP contribution < -0.4 is 10.1 Å². The van der Waals surface area contributed by atoms with E-state index < -0.39 is 0 Å². The quantitative estimate of drug-likeness (QED) is 0.498. The number of imidazole rings is 1. The number of ether oxygens (including phenoxy) is 1. The molecular weight excluding hydrogens is 382 g/mol. The maximum absolute atomic E-state index is 12.4. The van der Waals surface area contributed by atoms with Gasteiger partial charge in [-0.2, -0.15) is 0 Å². The van der Waals surface area contributed by atoms with Gasteiger partial charge in [0.05, 0.1) is 18.0 Å². The predicted molar refractivity (Wildman–Crippen MR) is 119 cm³/mol. The number of para-hydroxylation sites is 1. The van der Waals surface area contributed by atoms with E-state index >= 15 is 0 Å². The molecule has 2 aromatic carbocycles. The number of anilines is 1. The summed E-state index contributed by atoms with van der Waals surface area (Å²) in [4.78, 5) is 16.9. The van der Waals surface area contributed by atoms with Gasteiger partial charge in [0, 0.05) is 18.1 Å². The number of rotatable bonds is 9. The van der Waals surface area contributed by atoms with Crippen molar-refractivity contribution in [3.63, 3.8) is 0 Å². The van der Waals surface area contributed by atoms with Gasteiger partial charge >= 0.3 is 0 Å². The highest BCUT2D eigenvalue weighted by atomic mass is 32.2. The SMILES string of the molecule is CCOc1ccc(NC(=O)CSc2nccn2-c2c(CC)cccc2CC)cc1. The van der Waals surface area contributed by atoms with Crippen molar-refractivity contribution in [3.05, 3.63) is 66.0 Å². The average Bonchev–Trinajstić information content (AvgIpc) is 3.21. The first-order valence-corrected chi connectivity index (χ1v) is 10.9. The lowest BCUT2D eigenvalue weighted by Crippen LogP contribution is -2.14. The number of nitrogens with zero attached hydrogens (tertiary/aromatic N) is 2. The molecule has 1 N–H and O–H groups in total. The van der Waals surface area contributed by atoms with E-state index in [-0.39, 0.29) is 5.91 Å². The highest BCUT2D eigenvalue weighted by Gasteiger charge is 2.14. The van der Waals surface area contributed by atoms with Crippen LogP contribution in [0.3, 0.4) is 0 Å². The molecule has 0 saturated heterocycles. The van der Waals surface area contributed by atoms with Gasteiger partial charge in [0.2, 0.25) is 5.91 Å². The molecule has 1 amide bonds. The first-order valence-electron chi connectivity index (χ1n) is 9.96. The molecule has 29 heavy (non-hydrogen) atoms. The van der Waals surface area contributed by atoms with E-state index in [9.17, 15) is 4.79 Å². The second-order valence-electron chi connectivity index (χ2n) is 6.51. The number of carbonyl (C=O) groups excluding carboxylic acids is 1. The second kappa shape index (κ2) is 10.2. The molecule has 6 heteroatoms. The summed E-state index contributed by atoms with van der Waals surface area (Å²) in [6, 6.07) is 13.8. The summed E-state index contributed by atoms with van der Waals surface area (Å²) in [5.41, 5.74) is 4.50. The Morgan fingerprint density at radius 3 is 2.38 bits per heavy atom. The molecule has 0 saturated carbocycles. The van der Waals surface area contributed by atoms with E-state index in [1.54, 1.807) is 6.20 Å². The van der Waals surface area contributed by atoms with Crippen LogP contribution in [0.1, 0.15) is 31.9 Å². The van der Waals surface area contributed by atoms with Crippen molar-refractivity contribution in [2.75, 3.05) is 17.7 Å². The van der Waals surface area contributed by atoms with Gasteiger partial charge in [-0.05, 0) is 55.2 Å². The van der Waals surface area contributed by atoms with Crippen LogP contribution in [-0.2, 0) is 17.6 Å². The molecule has 3 rings (SSSR count). The Morgan fingerprint density at radius 1 is 1.07 bits per heavy atom. The normalized spacial score (nSPS) is 10.7. The summed E-state index contributed by atoms with van der Waals surface area (Å²) >= 11 is 1.44.